The third-order valence-corrected chi connectivity index (χ3v) is 10.9. The molecule has 0 aliphatic heterocycles. The first-order chi connectivity index (χ1) is 20.7. The average Bonchev–Trinajstić information content (AvgIpc) is 3.68. The molecule has 0 saturated heterocycles. The molecular weight excluding hydrogens is 555 g/mol. The van der Waals surface area contributed by atoms with E-state index in [1.807, 2.05) is 47.7 Å². The predicted octanol–water partition coefficient (Wildman–Crippen LogP) is 10.8. The van der Waals surface area contributed by atoms with E-state index in [9.17, 15) is 4.79 Å². The molecular formula is C37H19NO2S2. The van der Waals surface area contributed by atoms with Crippen molar-refractivity contribution in [3.05, 3.63) is 125 Å². The Hall–Kier alpha value is -4.97. The standard InChI is InChI=1S/C37H19NO2S2/c39-36-23-10-2-5-14-31(23)40-32-17-26-22-11-7-13-29(37(22)42-35(26)19-27(32)36)38-28-12-4-1-8-20(28)24-18-34-25(16-30(24)38)21-9-3-6-15-33(21)41-34/h1-19H. The van der Waals surface area contributed by atoms with Gasteiger partial charge in [-0.05, 0) is 54.6 Å². The van der Waals surface area contributed by atoms with Gasteiger partial charge in [0.05, 0.1) is 32.2 Å². The van der Waals surface area contributed by atoms with Crippen LogP contribution in [0.5, 0.6) is 0 Å². The predicted molar refractivity (Wildman–Crippen MR) is 180 cm³/mol. The molecule has 196 valence electrons. The van der Waals surface area contributed by atoms with Gasteiger partial charge in [0.15, 0.2) is 0 Å². The Kier molecular flexibility index (Phi) is 4.36. The molecule has 0 bridgehead atoms. The Morgan fingerprint density at radius 2 is 1.19 bits per heavy atom. The van der Waals surface area contributed by atoms with Crippen LogP contribution in [0.3, 0.4) is 0 Å². The van der Waals surface area contributed by atoms with Crippen LogP contribution in [0.2, 0.25) is 0 Å². The highest BCUT2D eigenvalue weighted by Gasteiger charge is 2.19. The first-order valence-electron chi connectivity index (χ1n) is 13.9. The van der Waals surface area contributed by atoms with E-state index in [1.165, 1.54) is 46.7 Å². The molecule has 0 saturated carbocycles. The molecule has 4 heterocycles. The second-order valence-electron chi connectivity index (χ2n) is 10.8. The molecule has 0 aliphatic carbocycles. The molecule has 0 spiro atoms. The summed E-state index contributed by atoms with van der Waals surface area (Å²) in [6.45, 7) is 0. The summed E-state index contributed by atoms with van der Waals surface area (Å²) < 4.78 is 13.6. The Morgan fingerprint density at radius 1 is 0.476 bits per heavy atom. The van der Waals surface area contributed by atoms with E-state index >= 15 is 0 Å². The van der Waals surface area contributed by atoms with Gasteiger partial charge in [0.1, 0.15) is 11.2 Å². The summed E-state index contributed by atoms with van der Waals surface area (Å²) >= 11 is 3.60. The van der Waals surface area contributed by atoms with E-state index in [0.29, 0.717) is 21.9 Å². The minimum Gasteiger partial charge on any atom is -0.456 e. The minimum atomic E-state index is 0.0147. The number of aromatic nitrogens is 1. The van der Waals surface area contributed by atoms with Gasteiger partial charge in [0.2, 0.25) is 5.43 Å². The number of para-hydroxylation sites is 2. The van der Waals surface area contributed by atoms with Crippen molar-refractivity contribution in [1.29, 1.82) is 0 Å². The van der Waals surface area contributed by atoms with Crippen LogP contribution in [0.15, 0.2) is 124 Å². The van der Waals surface area contributed by atoms with Gasteiger partial charge in [-0.1, -0.05) is 60.7 Å². The summed E-state index contributed by atoms with van der Waals surface area (Å²) in [4.78, 5) is 13.4. The van der Waals surface area contributed by atoms with Crippen LogP contribution in [-0.4, -0.2) is 4.57 Å². The Labute approximate surface area is 246 Å². The van der Waals surface area contributed by atoms with E-state index in [2.05, 4.69) is 83.4 Å². The Balaban J connectivity index is 1.33. The van der Waals surface area contributed by atoms with Crippen molar-refractivity contribution in [3.8, 4) is 5.69 Å². The lowest BCUT2D eigenvalue weighted by Gasteiger charge is -2.09. The highest BCUT2D eigenvalue weighted by atomic mass is 32.1. The topological polar surface area (TPSA) is 35.1 Å². The molecule has 0 amide bonds. The fourth-order valence-electron chi connectivity index (χ4n) is 6.70. The third kappa shape index (κ3) is 2.91. The van der Waals surface area contributed by atoms with Gasteiger partial charge in [-0.3, -0.25) is 4.79 Å². The molecule has 5 heteroatoms. The van der Waals surface area contributed by atoms with Gasteiger partial charge in [-0.15, -0.1) is 22.7 Å². The third-order valence-electron chi connectivity index (χ3n) is 8.59. The normalized spacial score (nSPS) is 12.4. The van der Waals surface area contributed by atoms with Crippen molar-refractivity contribution < 1.29 is 4.42 Å². The fourth-order valence-corrected chi connectivity index (χ4v) is 9.05. The number of thiophene rings is 2. The van der Waals surface area contributed by atoms with Crippen LogP contribution < -0.4 is 5.43 Å². The van der Waals surface area contributed by atoms with Crippen LogP contribution in [0.1, 0.15) is 0 Å². The Bertz CT molecular complexity index is 2830. The monoisotopic (exact) mass is 573 g/mol. The lowest BCUT2D eigenvalue weighted by atomic mass is 10.1. The summed E-state index contributed by atoms with van der Waals surface area (Å²) in [6, 6.07) is 40.2. The summed E-state index contributed by atoms with van der Waals surface area (Å²) in [5, 5.41) is 8.60. The van der Waals surface area contributed by atoms with Crippen molar-refractivity contribution in [2.75, 3.05) is 0 Å². The zero-order valence-corrected chi connectivity index (χ0v) is 23.7. The molecule has 3 nitrogen and oxygen atoms in total. The highest BCUT2D eigenvalue weighted by molar-refractivity contribution is 7.26. The van der Waals surface area contributed by atoms with Gasteiger partial charge in [-0.2, -0.15) is 0 Å². The van der Waals surface area contributed by atoms with Crippen LogP contribution in [0.4, 0.5) is 0 Å². The molecule has 4 aromatic heterocycles. The smallest absolute Gasteiger partial charge is 0.200 e. The maximum atomic E-state index is 13.4. The van der Waals surface area contributed by atoms with Gasteiger partial charge >= 0.3 is 0 Å². The lowest BCUT2D eigenvalue weighted by Crippen LogP contribution is -2.01. The molecule has 10 aromatic rings. The largest absolute Gasteiger partial charge is 0.456 e. The van der Waals surface area contributed by atoms with Crippen LogP contribution >= 0.6 is 22.7 Å². The maximum absolute atomic E-state index is 13.4. The number of nitrogens with zero attached hydrogens (tertiary/aromatic N) is 1. The molecule has 0 aliphatic rings. The molecule has 42 heavy (non-hydrogen) atoms. The van der Waals surface area contributed by atoms with Crippen molar-refractivity contribution in [1.82, 2.24) is 4.57 Å². The van der Waals surface area contributed by atoms with Gasteiger partial charge in [-0.25, -0.2) is 0 Å². The fraction of sp³-hybridized carbons (Fsp3) is 0. The molecule has 10 rings (SSSR count). The van der Waals surface area contributed by atoms with Crippen LogP contribution in [0, 0.1) is 0 Å². The second kappa shape index (κ2) is 8.07. The van der Waals surface area contributed by atoms with Gasteiger partial charge in [0.25, 0.3) is 0 Å². The molecule has 0 N–H and O–H groups in total. The SMILES string of the molecule is O=c1c2ccccc2oc2cc3c(cc12)sc1c(-n2c4ccccc4c4cc5sc6ccccc6c5cc42)cccc13. The number of hydrogen-bond acceptors (Lipinski definition) is 4. The van der Waals surface area contributed by atoms with E-state index < -0.39 is 0 Å². The number of rotatable bonds is 1. The number of fused-ring (bicyclic) bond motifs is 11. The first kappa shape index (κ1) is 22.7. The van der Waals surface area contributed by atoms with Crippen molar-refractivity contribution in [3.63, 3.8) is 0 Å². The van der Waals surface area contributed by atoms with E-state index in [0.717, 1.165) is 21.2 Å². The minimum absolute atomic E-state index is 0.0147. The average molecular weight is 574 g/mol. The zero-order chi connectivity index (χ0) is 27.5. The van der Waals surface area contributed by atoms with Crippen LogP contribution in [0.25, 0.3) is 89.8 Å². The number of benzene rings is 6. The summed E-state index contributed by atoms with van der Waals surface area (Å²) in [6.07, 6.45) is 0. The van der Waals surface area contributed by atoms with Crippen LogP contribution in [-0.2, 0) is 0 Å². The highest BCUT2D eigenvalue weighted by Crippen LogP contribution is 2.44. The molecule has 6 aromatic carbocycles. The molecule has 0 atom stereocenters. The lowest BCUT2D eigenvalue weighted by molar-refractivity contribution is 0.660. The number of hydrogen-bond donors (Lipinski definition) is 0. The quantitative estimate of drug-likeness (QED) is 0.183. The summed E-state index contributed by atoms with van der Waals surface area (Å²) in [5.41, 5.74) is 4.79. The van der Waals surface area contributed by atoms with E-state index in [4.69, 9.17) is 4.42 Å². The zero-order valence-electron chi connectivity index (χ0n) is 22.0. The van der Waals surface area contributed by atoms with Crippen molar-refractivity contribution in [2.45, 2.75) is 0 Å². The molecule has 0 fully saturated rings. The van der Waals surface area contributed by atoms with Crippen molar-refractivity contribution >= 4 is 107 Å². The van der Waals surface area contributed by atoms with E-state index in [1.54, 1.807) is 11.3 Å². The molecule has 0 radical (unpaired) electrons. The Morgan fingerprint density at radius 3 is 2.12 bits per heavy atom. The van der Waals surface area contributed by atoms with Crippen molar-refractivity contribution in [2.24, 2.45) is 0 Å². The first-order valence-corrected chi connectivity index (χ1v) is 15.5. The van der Waals surface area contributed by atoms with Gasteiger partial charge in [0, 0.05) is 46.4 Å². The summed E-state index contributed by atoms with van der Waals surface area (Å²) in [7, 11) is 0. The summed E-state index contributed by atoms with van der Waals surface area (Å²) in [5.74, 6) is 0. The maximum Gasteiger partial charge on any atom is 0.200 e. The second-order valence-corrected chi connectivity index (χ2v) is 13.0. The van der Waals surface area contributed by atoms with E-state index in [-0.39, 0.29) is 5.43 Å². The van der Waals surface area contributed by atoms with Gasteiger partial charge < -0.3 is 8.98 Å². The molecule has 0 unspecified atom stereocenters.